The van der Waals surface area contributed by atoms with Gasteiger partial charge in [0.1, 0.15) is 5.01 Å². The van der Waals surface area contributed by atoms with Crippen LogP contribution in [0.5, 0.6) is 0 Å². The highest BCUT2D eigenvalue weighted by atomic mass is 32.1. The number of thiazole rings is 1. The molecule has 1 aliphatic rings. The molecule has 1 saturated heterocycles. The van der Waals surface area contributed by atoms with Crippen molar-refractivity contribution in [2.24, 2.45) is 0 Å². The Balaban J connectivity index is 1.46. The van der Waals surface area contributed by atoms with Crippen LogP contribution in [0.3, 0.4) is 0 Å². The van der Waals surface area contributed by atoms with E-state index in [4.69, 9.17) is 4.74 Å². The molecule has 0 aliphatic carbocycles. The minimum absolute atomic E-state index is 0.0656. The Hall–Kier alpha value is -3.38. The Morgan fingerprint density at radius 2 is 2.00 bits per heavy atom. The molecule has 4 heterocycles. The van der Waals surface area contributed by atoms with E-state index in [1.54, 1.807) is 31.5 Å². The van der Waals surface area contributed by atoms with E-state index in [0.717, 1.165) is 58.2 Å². The molecule has 4 aromatic rings. The van der Waals surface area contributed by atoms with Crippen LogP contribution in [-0.4, -0.2) is 43.4 Å². The van der Waals surface area contributed by atoms with Crippen LogP contribution in [0.2, 0.25) is 0 Å². The molecule has 1 aliphatic heterocycles. The lowest BCUT2D eigenvalue weighted by molar-refractivity contribution is -0.145. The number of carbonyl (C=O) groups excluding carboxylic acids is 1. The number of nitrogens with one attached hydrogen (secondary N) is 1. The van der Waals surface area contributed by atoms with Gasteiger partial charge in [-0.2, -0.15) is 18.3 Å². The number of benzene rings is 1. The minimum atomic E-state index is -4.63. The van der Waals surface area contributed by atoms with Crippen LogP contribution in [0.15, 0.2) is 36.9 Å². The van der Waals surface area contributed by atoms with E-state index in [2.05, 4.69) is 25.4 Å². The van der Waals surface area contributed by atoms with Crippen molar-refractivity contribution in [1.82, 2.24) is 30.0 Å². The molecule has 0 saturated carbocycles. The van der Waals surface area contributed by atoms with E-state index in [1.807, 2.05) is 11.6 Å². The maximum atomic E-state index is 13.3. The smallest absolute Gasteiger partial charge is 0.376 e. The third-order valence-electron chi connectivity index (χ3n) is 6.05. The quantitative estimate of drug-likeness (QED) is 0.390. The fraction of sp³-hybridized carbons (Fsp3) is 0.375. The van der Waals surface area contributed by atoms with Gasteiger partial charge in [-0.1, -0.05) is 0 Å². The number of aromatic nitrogens is 5. The average Bonchev–Trinajstić information content (AvgIpc) is 3.60. The maximum Gasteiger partial charge on any atom is 0.451 e. The lowest BCUT2D eigenvalue weighted by Gasteiger charge is -2.16. The van der Waals surface area contributed by atoms with Gasteiger partial charge >= 0.3 is 6.18 Å². The number of ether oxygens (including phenoxy) is 1. The van der Waals surface area contributed by atoms with Crippen molar-refractivity contribution in [3.05, 3.63) is 58.7 Å². The van der Waals surface area contributed by atoms with E-state index in [-0.39, 0.29) is 12.0 Å². The predicted octanol–water partition coefficient (Wildman–Crippen LogP) is 4.95. The fourth-order valence-electron chi connectivity index (χ4n) is 4.16. The lowest BCUT2D eigenvalue weighted by atomic mass is 10.0. The molecular formula is C24H23F3N6O2S. The summed E-state index contributed by atoms with van der Waals surface area (Å²) in [5.41, 5.74) is 2.32. The summed E-state index contributed by atoms with van der Waals surface area (Å²) in [6.45, 7) is 4.93. The number of halogens is 3. The van der Waals surface area contributed by atoms with Gasteiger partial charge in [-0.3, -0.25) is 9.48 Å². The van der Waals surface area contributed by atoms with E-state index < -0.39 is 18.0 Å². The SMILES string of the molecule is Cc1cnc(-c2cc(C(=O)NC(C)c3cnc(C(F)(F)F)nc3)cc3c2cnn3CC2CCCO2)s1. The van der Waals surface area contributed by atoms with Crippen molar-refractivity contribution in [3.63, 3.8) is 0 Å². The molecule has 8 nitrogen and oxygen atoms in total. The summed E-state index contributed by atoms with van der Waals surface area (Å²) < 4.78 is 46.0. The molecule has 1 fully saturated rings. The fourth-order valence-corrected chi connectivity index (χ4v) is 4.96. The molecule has 2 atom stereocenters. The third-order valence-corrected chi connectivity index (χ3v) is 7.00. The molecule has 36 heavy (non-hydrogen) atoms. The summed E-state index contributed by atoms with van der Waals surface area (Å²) in [5, 5.41) is 9.04. The van der Waals surface area contributed by atoms with Crippen molar-refractivity contribution >= 4 is 28.1 Å². The molecule has 2 unspecified atom stereocenters. The molecule has 0 bridgehead atoms. The van der Waals surface area contributed by atoms with Crippen LogP contribution >= 0.6 is 11.3 Å². The van der Waals surface area contributed by atoms with Crippen molar-refractivity contribution < 1.29 is 22.7 Å². The van der Waals surface area contributed by atoms with E-state index in [9.17, 15) is 18.0 Å². The molecular weight excluding hydrogens is 493 g/mol. The van der Waals surface area contributed by atoms with Gasteiger partial charge in [0.15, 0.2) is 0 Å². The monoisotopic (exact) mass is 516 g/mol. The van der Waals surface area contributed by atoms with Crippen molar-refractivity contribution in [2.45, 2.75) is 51.6 Å². The Labute approximate surface area is 208 Å². The normalized spacial score (nSPS) is 17.0. The lowest BCUT2D eigenvalue weighted by Crippen LogP contribution is -2.27. The van der Waals surface area contributed by atoms with Crippen LogP contribution in [0.25, 0.3) is 21.5 Å². The number of rotatable bonds is 6. The number of carbonyl (C=O) groups is 1. The average molecular weight is 517 g/mol. The van der Waals surface area contributed by atoms with Crippen LogP contribution in [-0.2, 0) is 17.5 Å². The first kappa shape index (κ1) is 24.3. The van der Waals surface area contributed by atoms with Gasteiger partial charge in [-0.15, -0.1) is 11.3 Å². The molecule has 0 radical (unpaired) electrons. The van der Waals surface area contributed by atoms with Crippen molar-refractivity contribution in [1.29, 1.82) is 0 Å². The highest BCUT2D eigenvalue weighted by Crippen LogP contribution is 2.33. The standard InChI is InChI=1S/C24H23F3N6O2S/c1-13-8-28-22(36-13)18-6-15(7-20-19(18)11-31-33(20)12-17-4-3-5-35-17)21(34)32-14(2)16-9-29-23(30-10-16)24(25,26)27/h6-11,14,17H,3-5,12H2,1-2H3,(H,32,34). The molecule has 188 valence electrons. The summed E-state index contributed by atoms with van der Waals surface area (Å²) in [5.74, 6) is -1.61. The molecule has 5 rings (SSSR count). The topological polar surface area (TPSA) is 94.8 Å². The molecule has 1 N–H and O–H groups in total. The number of fused-ring (bicyclic) bond motifs is 1. The zero-order chi connectivity index (χ0) is 25.4. The van der Waals surface area contributed by atoms with Gasteiger partial charge in [-0.05, 0) is 38.8 Å². The third kappa shape index (κ3) is 4.96. The number of nitrogens with zero attached hydrogens (tertiary/aromatic N) is 5. The predicted molar refractivity (Wildman–Crippen MR) is 127 cm³/mol. The first-order valence-electron chi connectivity index (χ1n) is 11.4. The molecule has 3 aromatic heterocycles. The molecule has 1 amide bonds. The summed E-state index contributed by atoms with van der Waals surface area (Å²) in [6, 6.07) is 2.93. The zero-order valence-electron chi connectivity index (χ0n) is 19.5. The largest absolute Gasteiger partial charge is 0.451 e. The zero-order valence-corrected chi connectivity index (χ0v) is 20.4. The maximum absolute atomic E-state index is 13.3. The molecule has 0 spiro atoms. The summed E-state index contributed by atoms with van der Waals surface area (Å²) in [4.78, 5) is 25.6. The molecule has 1 aromatic carbocycles. The van der Waals surface area contributed by atoms with Gasteiger partial charge in [0, 0.05) is 52.2 Å². The van der Waals surface area contributed by atoms with E-state index in [1.165, 1.54) is 11.3 Å². The van der Waals surface area contributed by atoms with Gasteiger partial charge in [0.2, 0.25) is 5.82 Å². The number of amides is 1. The van der Waals surface area contributed by atoms with Crippen molar-refractivity contribution in [2.75, 3.05) is 6.61 Å². The van der Waals surface area contributed by atoms with E-state index in [0.29, 0.717) is 17.7 Å². The Morgan fingerprint density at radius 3 is 2.64 bits per heavy atom. The highest BCUT2D eigenvalue weighted by Gasteiger charge is 2.34. The second-order valence-electron chi connectivity index (χ2n) is 8.73. The van der Waals surface area contributed by atoms with Crippen LogP contribution in [0, 0.1) is 6.92 Å². The first-order chi connectivity index (χ1) is 17.2. The van der Waals surface area contributed by atoms with E-state index >= 15 is 0 Å². The summed E-state index contributed by atoms with van der Waals surface area (Å²) in [6.07, 6.45) is 3.10. The van der Waals surface area contributed by atoms with Crippen LogP contribution in [0.1, 0.15) is 52.4 Å². The summed E-state index contributed by atoms with van der Waals surface area (Å²) in [7, 11) is 0. The summed E-state index contributed by atoms with van der Waals surface area (Å²) >= 11 is 1.52. The van der Waals surface area contributed by atoms with Crippen LogP contribution in [0.4, 0.5) is 13.2 Å². The van der Waals surface area contributed by atoms with Gasteiger partial charge in [0.05, 0.1) is 30.4 Å². The first-order valence-corrected chi connectivity index (χ1v) is 12.2. The number of hydrogen-bond acceptors (Lipinski definition) is 7. The van der Waals surface area contributed by atoms with Gasteiger partial charge < -0.3 is 10.1 Å². The minimum Gasteiger partial charge on any atom is -0.376 e. The number of alkyl halides is 3. The second-order valence-corrected chi connectivity index (χ2v) is 9.96. The van der Waals surface area contributed by atoms with Crippen molar-refractivity contribution in [3.8, 4) is 10.6 Å². The Kier molecular flexibility index (Phi) is 6.47. The Bertz CT molecular complexity index is 1390. The molecule has 12 heteroatoms. The number of hydrogen-bond donors (Lipinski definition) is 1. The second kappa shape index (κ2) is 9.58. The van der Waals surface area contributed by atoms with Gasteiger partial charge in [0.25, 0.3) is 5.91 Å². The highest BCUT2D eigenvalue weighted by molar-refractivity contribution is 7.15. The number of aryl methyl sites for hydroxylation is 1. The van der Waals surface area contributed by atoms with Crippen LogP contribution < -0.4 is 5.32 Å². The Morgan fingerprint density at radius 1 is 1.22 bits per heavy atom. The van der Waals surface area contributed by atoms with Gasteiger partial charge in [-0.25, -0.2) is 15.0 Å².